The molecule has 2 aliphatic carbocycles. The number of fused-ring (bicyclic) bond motifs is 2. The Morgan fingerprint density at radius 2 is 1.09 bits per heavy atom. The van der Waals surface area contributed by atoms with Crippen molar-refractivity contribution in [2.75, 3.05) is 11.5 Å². The molecule has 342 valence electrons. The third-order valence-corrected chi connectivity index (χ3v) is 28.4. The molecule has 0 bridgehead atoms. The second-order valence-corrected chi connectivity index (χ2v) is 31.8. The minimum absolute atomic E-state index is 0.445. The average molecular weight is 1050 g/mol. The number of hydrogen-bond donors (Lipinski definition) is 2. The van der Waals surface area contributed by atoms with Crippen molar-refractivity contribution in [3.8, 4) is 11.3 Å². The van der Waals surface area contributed by atoms with Gasteiger partial charge in [-0.3, -0.25) is 4.98 Å². The molecule has 6 aromatic heterocycles. The number of benzene rings is 2. The molecule has 0 amide bonds. The Bertz CT molecular complexity index is 2780. The van der Waals surface area contributed by atoms with Crippen LogP contribution < -0.4 is 15.2 Å². The normalized spacial score (nSPS) is 13.6. The largest absolute Gasteiger partial charge is 0.383 e. The topological polar surface area (TPSA) is 165 Å². The summed E-state index contributed by atoms with van der Waals surface area (Å²) in [6, 6.07) is 30.1. The Morgan fingerprint density at radius 1 is 0.576 bits per heavy atom. The number of pyridine rings is 2. The predicted molar refractivity (Wildman–Crippen MR) is 274 cm³/mol. The smallest absolute Gasteiger partial charge is 0.163 e. The maximum absolute atomic E-state index is 6.15. The molecule has 10 rings (SSSR count). The standard InChI is InChI=1S/C20H18N6.C15H14BrN5.C5H4N.3C4H9.Sn/c21-19-18-17(25-26(15-7-8-15)20(18)24-12-23-19)11-13-4-3-5-14(10-13)16-6-1-2-9-22-16;16-10-3-1-2-9(6-10)7-12-13-14(17)18-8-19-15(13)21(20-12)11-4-5-11;1-2-4-6-5-3-1;3*1-3-4-2;/h1-6,9-10,12,15H,7-8,11H2,(H2,21,23,24);1-3,6,8,11H,4-5,7H2,(H2,17,18,19);1-4H;3*1,3-4H2,2H3;. The van der Waals surface area contributed by atoms with Crippen LogP contribution in [0.25, 0.3) is 33.3 Å². The van der Waals surface area contributed by atoms with Crippen molar-refractivity contribution < 1.29 is 0 Å². The van der Waals surface area contributed by atoms with Gasteiger partial charge in [-0.25, -0.2) is 29.3 Å². The molecule has 2 aliphatic rings. The molecule has 2 aromatic carbocycles. The maximum atomic E-state index is 6.15. The van der Waals surface area contributed by atoms with Gasteiger partial charge >= 0.3 is 124 Å². The Balaban J connectivity index is 0.000000137. The summed E-state index contributed by atoms with van der Waals surface area (Å²) >= 11 is 1.30. The number of rotatable bonds is 17. The molecule has 2 fully saturated rings. The Morgan fingerprint density at radius 3 is 1.56 bits per heavy atom. The fourth-order valence-corrected chi connectivity index (χ4v) is 24.8. The van der Waals surface area contributed by atoms with Crippen molar-refractivity contribution >= 4 is 71.7 Å². The van der Waals surface area contributed by atoms with E-state index in [1.165, 1.54) is 75.6 Å². The number of aromatic nitrogens is 10. The quantitative estimate of drug-likeness (QED) is 0.0839. The van der Waals surface area contributed by atoms with E-state index in [1.807, 2.05) is 52.1 Å². The van der Waals surface area contributed by atoms with Crippen molar-refractivity contribution in [2.45, 2.75) is 123 Å². The third-order valence-electron chi connectivity index (χ3n) is 12.7. The van der Waals surface area contributed by atoms with E-state index in [-0.39, 0.29) is 0 Å². The number of unbranched alkanes of at least 4 members (excludes halogenated alkanes) is 3. The molecule has 6 heterocycles. The van der Waals surface area contributed by atoms with Gasteiger partial charge in [-0.15, -0.1) is 0 Å². The minimum Gasteiger partial charge on any atom is -0.383 e. The number of nitrogens with zero attached hydrogens (tertiary/aromatic N) is 10. The van der Waals surface area contributed by atoms with Crippen LogP contribution in [-0.2, 0) is 12.8 Å². The summed E-state index contributed by atoms with van der Waals surface area (Å²) in [5.41, 5.74) is 20.2. The summed E-state index contributed by atoms with van der Waals surface area (Å²) < 4.78 is 11.2. The Labute approximate surface area is 401 Å². The number of hydrogen-bond acceptors (Lipinski definition) is 10. The predicted octanol–water partition coefficient (Wildman–Crippen LogP) is 11.6. The van der Waals surface area contributed by atoms with Crippen LogP contribution in [0.3, 0.4) is 0 Å². The molecule has 0 saturated heterocycles. The van der Waals surface area contributed by atoms with Crippen molar-refractivity contribution in [3.63, 3.8) is 0 Å². The Kier molecular flexibility index (Phi) is 16.1. The van der Waals surface area contributed by atoms with Gasteiger partial charge in [0.25, 0.3) is 0 Å². The summed E-state index contributed by atoms with van der Waals surface area (Å²) in [5, 5.41) is 11.4. The van der Waals surface area contributed by atoms with E-state index in [0.29, 0.717) is 30.1 Å². The second-order valence-electron chi connectivity index (χ2n) is 17.9. The number of halogens is 1. The minimum atomic E-state index is -2.21. The average Bonchev–Trinajstić information content (AvgIpc) is 4.30. The van der Waals surface area contributed by atoms with Crippen LogP contribution in [0.15, 0.2) is 114 Å². The first-order valence-electron chi connectivity index (χ1n) is 23.9. The van der Waals surface area contributed by atoms with Crippen molar-refractivity contribution in [2.24, 2.45) is 0 Å². The van der Waals surface area contributed by atoms with Crippen molar-refractivity contribution in [1.82, 2.24) is 49.5 Å². The van der Waals surface area contributed by atoms with E-state index in [9.17, 15) is 0 Å². The van der Waals surface area contributed by atoms with Crippen LogP contribution in [0.1, 0.15) is 120 Å². The van der Waals surface area contributed by atoms with Crippen molar-refractivity contribution in [1.29, 1.82) is 0 Å². The van der Waals surface area contributed by atoms with E-state index >= 15 is 0 Å². The van der Waals surface area contributed by atoms with E-state index < -0.39 is 18.4 Å². The third kappa shape index (κ3) is 11.6. The zero-order valence-corrected chi connectivity index (χ0v) is 43.1. The molecule has 12 nitrogen and oxygen atoms in total. The zero-order chi connectivity index (χ0) is 45.9. The van der Waals surface area contributed by atoms with Crippen LogP contribution in [0.5, 0.6) is 0 Å². The van der Waals surface area contributed by atoms with E-state index in [0.717, 1.165) is 81.3 Å². The molecule has 0 spiro atoms. The molecular formula is C52H63BrN12Sn. The first kappa shape index (κ1) is 47.2. The van der Waals surface area contributed by atoms with Crippen LogP contribution in [0.4, 0.5) is 11.6 Å². The molecule has 0 unspecified atom stereocenters. The van der Waals surface area contributed by atoms with Gasteiger partial charge in [0.2, 0.25) is 0 Å². The molecule has 0 atom stereocenters. The van der Waals surface area contributed by atoms with E-state index in [1.54, 1.807) is 3.71 Å². The van der Waals surface area contributed by atoms with Gasteiger partial charge in [-0.1, -0.05) is 52.3 Å². The molecular weight excluding hydrogens is 991 g/mol. The van der Waals surface area contributed by atoms with E-state index in [4.69, 9.17) is 26.6 Å². The Hall–Kier alpha value is -5.28. The van der Waals surface area contributed by atoms with Gasteiger partial charge in [-0.2, -0.15) is 10.2 Å². The second kappa shape index (κ2) is 22.5. The van der Waals surface area contributed by atoms with Crippen LogP contribution >= 0.6 is 15.9 Å². The summed E-state index contributed by atoms with van der Waals surface area (Å²) in [4.78, 5) is 26.3. The van der Waals surface area contributed by atoms with Crippen LogP contribution in [-0.4, -0.2) is 67.8 Å². The SMILES string of the molecule is CCC[CH2][Sn]([CH2]CCC)([CH2]CCC)[c]1ccccn1.Nc1ncnc2c1c(Cc1cccc(-c3ccccn3)c1)nn2C1CC1.Nc1ncnc2c1c(Cc1cccc(Br)c1)nn2C1CC1. The van der Waals surface area contributed by atoms with Crippen LogP contribution in [0.2, 0.25) is 13.3 Å². The fourth-order valence-electron chi connectivity index (χ4n) is 8.92. The van der Waals surface area contributed by atoms with Gasteiger partial charge in [0.05, 0.1) is 39.9 Å². The van der Waals surface area contributed by atoms with Gasteiger partial charge < -0.3 is 11.5 Å². The molecule has 2 saturated carbocycles. The van der Waals surface area contributed by atoms with Gasteiger partial charge in [0, 0.05) is 29.1 Å². The fraction of sp³-hybridized carbons (Fsp3) is 0.385. The molecule has 66 heavy (non-hydrogen) atoms. The van der Waals surface area contributed by atoms with E-state index in [2.05, 4.69) is 116 Å². The zero-order valence-electron chi connectivity index (χ0n) is 38.7. The first-order valence-corrected chi connectivity index (χ1v) is 32.2. The van der Waals surface area contributed by atoms with Crippen molar-refractivity contribution in [3.05, 3.63) is 137 Å². The monoisotopic (exact) mass is 1050 g/mol. The molecule has 14 heteroatoms. The molecule has 0 radical (unpaired) electrons. The summed E-state index contributed by atoms with van der Waals surface area (Å²) in [6.45, 7) is 6.98. The van der Waals surface area contributed by atoms with Gasteiger partial charge in [0.15, 0.2) is 11.3 Å². The molecule has 4 N–H and O–H groups in total. The molecule has 0 aliphatic heterocycles. The number of nitrogens with two attached hydrogens (primary N) is 2. The summed E-state index contributed by atoms with van der Waals surface area (Å²) in [7, 11) is 0. The number of anilines is 2. The first-order chi connectivity index (χ1) is 32.3. The van der Waals surface area contributed by atoms with Gasteiger partial charge in [0.1, 0.15) is 24.3 Å². The van der Waals surface area contributed by atoms with Crippen LogP contribution in [0, 0.1) is 0 Å². The summed E-state index contributed by atoms with van der Waals surface area (Å²) in [5.74, 6) is 1.01. The molecule has 8 aromatic rings. The van der Waals surface area contributed by atoms with Gasteiger partial charge in [-0.05, 0) is 67.1 Å². The maximum Gasteiger partial charge on any atom is 0.163 e. The number of nitrogen functional groups attached to an aromatic ring is 2. The summed E-state index contributed by atoms with van der Waals surface area (Å²) in [6.07, 6.45) is 21.2.